The van der Waals surface area contributed by atoms with Crippen molar-refractivity contribution in [1.82, 2.24) is 10.6 Å². The summed E-state index contributed by atoms with van der Waals surface area (Å²) >= 11 is 0. The molecule has 0 unspecified atom stereocenters. The highest BCUT2D eigenvalue weighted by atomic mass is 16.5. The van der Waals surface area contributed by atoms with Gasteiger partial charge in [-0.1, -0.05) is 62.4 Å². The zero-order valence-corrected chi connectivity index (χ0v) is 19.2. The lowest BCUT2D eigenvalue weighted by molar-refractivity contribution is -0.146. The fourth-order valence-electron chi connectivity index (χ4n) is 4.06. The molecule has 0 fully saturated rings. The number of carbonyl (C=O) groups excluding carboxylic acids is 2. The summed E-state index contributed by atoms with van der Waals surface area (Å²) in [6, 6.07) is 13.8. The molecule has 0 aromatic heterocycles. The van der Waals surface area contributed by atoms with Crippen LogP contribution in [0.2, 0.25) is 0 Å². The average Bonchev–Trinajstić information content (AvgIpc) is 3.12. The topological polar surface area (TPSA) is 114 Å². The van der Waals surface area contributed by atoms with Gasteiger partial charge in [0.15, 0.2) is 6.04 Å². The van der Waals surface area contributed by atoms with Crippen LogP contribution in [-0.2, 0) is 19.1 Å². The van der Waals surface area contributed by atoms with Crippen LogP contribution in [0, 0.1) is 5.92 Å². The number of nitrogens with one attached hydrogen (secondary N) is 2. The van der Waals surface area contributed by atoms with Gasteiger partial charge in [-0.15, -0.1) is 0 Å². The van der Waals surface area contributed by atoms with Crippen molar-refractivity contribution < 1.29 is 29.0 Å². The highest BCUT2D eigenvalue weighted by Crippen LogP contribution is 2.44. The molecule has 0 saturated heterocycles. The van der Waals surface area contributed by atoms with Gasteiger partial charge < -0.3 is 25.2 Å². The number of ether oxygens (including phenoxy) is 2. The number of benzene rings is 2. The zero-order chi connectivity index (χ0) is 24.1. The van der Waals surface area contributed by atoms with Crippen LogP contribution >= 0.6 is 0 Å². The Morgan fingerprint density at radius 3 is 1.94 bits per heavy atom. The molecular formula is C25H30N2O6. The lowest BCUT2D eigenvalue weighted by Crippen LogP contribution is -2.56. The second-order valence-corrected chi connectivity index (χ2v) is 8.46. The van der Waals surface area contributed by atoms with Crippen molar-refractivity contribution >= 4 is 18.0 Å². The Bertz CT molecular complexity index is 976. The van der Waals surface area contributed by atoms with Gasteiger partial charge in [-0.25, -0.2) is 9.59 Å². The molecule has 3 N–H and O–H groups in total. The summed E-state index contributed by atoms with van der Waals surface area (Å²) in [5.41, 5.74) is 4.41. The number of hydrogen-bond donors (Lipinski definition) is 3. The normalized spacial score (nSPS) is 15.2. The summed E-state index contributed by atoms with van der Waals surface area (Å²) in [6.45, 7) is 5.17. The van der Waals surface area contributed by atoms with E-state index in [0.717, 1.165) is 22.3 Å². The lowest BCUT2D eigenvalue weighted by Gasteiger charge is -2.26. The maximum Gasteiger partial charge on any atom is 0.407 e. The summed E-state index contributed by atoms with van der Waals surface area (Å²) in [5, 5.41) is 14.4. The van der Waals surface area contributed by atoms with Gasteiger partial charge in [0, 0.05) is 13.0 Å². The molecule has 1 aliphatic rings. The third-order valence-corrected chi connectivity index (χ3v) is 5.97. The number of fused-ring (bicyclic) bond motifs is 3. The molecule has 0 aliphatic heterocycles. The van der Waals surface area contributed by atoms with Crippen LogP contribution in [0.1, 0.15) is 37.8 Å². The van der Waals surface area contributed by atoms with Crippen LogP contribution in [0.3, 0.4) is 0 Å². The molecule has 0 spiro atoms. The minimum absolute atomic E-state index is 0.103. The number of hydrogen-bond acceptors (Lipinski definition) is 5. The second kappa shape index (κ2) is 10.5. The summed E-state index contributed by atoms with van der Waals surface area (Å²) in [5.74, 6) is -2.23. The van der Waals surface area contributed by atoms with Gasteiger partial charge >= 0.3 is 12.1 Å². The molecule has 1 aliphatic carbocycles. The Morgan fingerprint density at radius 2 is 1.45 bits per heavy atom. The first-order valence-corrected chi connectivity index (χ1v) is 10.9. The second-order valence-electron chi connectivity index (χ2n) is 8.46. The average molecular weight is 455 g/mol. The number of aliphatic carboxylic acids is 1. The largest absolute Gasteiger partial charge is 0.480 e. The van der Waals surface area contributed by atoms with Crippen LogP contribution in [0.25, 0.3) is 11.1 Å². The SMILES string of the molecule is CO[C@H](C)[C@H](NC(=O)[C@H](NC(=O)OCC1c2ccccc2-c2ccccc21)C(C)C)C(=O)O. The predicted molar refractivity (Wildman–Crippen MR) is 123 cm³/mol. The molecule has 0 bridgehead atoms. The highest BCUT2D eigenvalue weighted by molar-refractivity contribution is 5.89. The summed E-state index contributed by atoms with van der Waals surface area (Å²) in [4.78, 5) is 36.8. The Balaban J connectivity index is 1.66. The maximum atomic E-state index is 12.7. The number of alkyl carbamates (subject to hydrolysis) is 1. The van der Waals surface area contributed by atoms with Gasteiger partial charge in [0.05, 0.1) is 6.10 Å². The first-order chi connectivity index (χ1) is 15.7. The monoisotopic (exact) mass is 454 g/mol. The van der Waals surface area contributed by atoms with Crippen molar-refractivity contribution in [1.29, 1.82) is 0 Å². The molecule has 0 radical (unpaired) electrons. The number of carboxylic acids is 1. The Hall–Kier alpha value is -3.39. The van der Waals surface area contributed by atoms with Crippen LogP contribution in [0.15, 0.2) is 48.5 Å². The van der Waals surface area contributed by atoms with Gasteiger partial charge in [-0.2, -0.15) is 0 Å². The summed E-state index contributed by atoms with van der Waals surface area (Å²) in [7, 11) is 1.36. The summed E-state index contributed by atoms with van der Waals surface area (Å²) < 4.78 is 10.6. The van der Waals surface area contributed by atoms with E-state index in [2.05, 4.69) is 10.6 Å². The van der Waals surface area contributed by atoms with E-state index in [-0.39, 0.29) is 18.4 Å². The minimum atomic E-state index is -1.24. The molecular weight excluding hydrogens is 424 g/mol. The smallest absolute Gasteiger partial charge is 0.407 e. The molecule has 3 atom stereocenters. The third-order valence-electron chi connectivity index (χ3n) is 5.97. The Labute approximate surface area is 193 Å². The van der Waals surface area contributed by atoms with E-state index in [1.54, 1.807) is 20.8 Å². The molecule has 3 rings (SSSR count). The zero-order valence-electron chi connectivity index (χ0n) is 19.2. The molecule has 8 heteroatoms. The molecule has 2 aromatic carbocycles. The van der Waals surface area contributed by atoms with Crippen molar-refractivity contribution in [2.45, 2.75) is 44.9 Å². The van der Waals surface area contributed by atoms with Crippen molar-refractivity contribution in [3.05, 3.63) is 59.7 Å². The number of carbonyl (C=O) groups is 3. The van der Waals surface area contributed by atoms with E-state index in [1.807, 2.05) is 48.5 Å². The third kappa shape index (κ3) is 5.34. The molecule has 0 saturated carbocycles. The maximum absolute atomic E-state index is 12.7. The number of carboxylic acid groups (broad SMARTS) is 1. The first-order valence-electron chi connectivity index (χ1n) is 10.9. The van der Waals surface area contributed by atoms with Gasteiger partial charge in [0.25, 0.3) is 0 Å². The molecule has 2 aromatic rings. The van der Waals surface area contributed by atoms with Crippen LogP contribution in [-0.4, -0.2) is 55.0 Å². The molecule has 0 heterocycles. The van der Waals surface area contributed by atoms with Gasteiger partial charge in [0.1, 0.15) is 12.6 Å². The predicted octanol–water partition coefficient (Wildman–Crippen LogP) is 3.15. The van der Waals surface area contributed by atoms with Gasteiger partial charge in [0.2, 0.25) is 5.91 Å². The number of methoxy groups -OCH3 is 1. The Morgan fingerprint density at radius 1 is 0.909 bits per heavy atom. The van der Waals surface area contributed by atoms with Gasteiger partial charge in [-0.05, 0) is 35.1 Å². The van der Waals surface area contributed by atoms with Crippen molar-refractivity contribution in [3.63, 3.8) is 0 Å². The quantitative estimate of drug-likeness (QED) is 0.536. The standard InChI is InChI=1S/C25H30N2O6/c1-14(2)21(23(28)26-22(24(29)30)15(3)32-4)27-25(31)33-13-20-18-11-7-5-9-16(18)17-10-6-8-12-19(17)20/h5-12,14-15,20-22H,13H2,1-4H3,(H,26,28)(H,27,31)(H,29,30)/t15-,21-,22+/m1/s1. The molecule has 8 nitrogen and oxygen atoms in total. The van der Waals surface area contributed by atoms with Crippen LogP contribution in [0.5, 0.6) is 0 Å². The van der Waals surface area contributed by atoms with Crippen molar-refractivity contribution in [2.24, 2.45) is 5.92 Å². The van der Waals surface area contributed by atoms with E-state index in [4.69, 9.17) is 9.47 Å². The Kier molecular flexibility index (Phi) is 7.71. The van der Waals surface area contributed by atoms with Crippen molar-refractivity contribution in [2.75, 3.05) is 13.7 Å². The van der Waals surface area contributed by atoms with Crippen LogP contribution < -0.4 is 10.6 Å². The van der Waals surface area contributed by atoms with E-state index in [0.29, 0.717) is 0 Å². The van der Waals surface area contributed by atoms with Crippen LogP contribution in [0.4, 0.5) is 4.79 Å². The summed E-state index contributed by atoms with van der Waals surface area (Å²) in [6.07, 6.45) is -1.48. The number of amides is 2. The lowest BCUT2D eigenvalue weighted by atomic mass is 9.98. The molecule has 33 heavy (non-hydrogen) atoms. The van der Waals surface area contributed by atoms with E-state index in [9.17, 15) is 19.5 Å². The van der Waals surface area contributed by atoms with Gasteiger partial charge in [-0.3, -0.25) is 4.79 Å². The molecule has 2 amide bonds. The first kappa shape index (κ1) is 24.3. The van der Waals surface area contributed by atoms with E-state index >= 15 is 0 Å². The molecule has 176 valence electrons. The fourth-order valence-corrected chi connectivity index (χ4v) is 4.06. The van der Waals surface area contributed by atoms with Crippen molar-refractivity contribution in [3.8, 4) is 11.1 Å². The van der Waals surface area contributed by atoms with E-state index < -0.39 is 36.2 Å². The highest BCUT2D eigenvalue weighted by Gasteiger charge is 2.33. The van der Waals surface area contributed by atoms with E-state index in [1.165, 1.54) is 7.11 Å². The fraction of sp³-hybridized carbons (Fsp3) is 0.400. The minimum Gasteiger partial charge on any atom is -0.480 e. The number of rotatable bonds is 9.